The Kier molecular flexibility index (Phi) is 4.76. The van der Waals surface area contributed by atoms with E-state index in [4.69, 9.17) is 18.0 Å². The van der Waals surface area contributed by atoms with Crippen LogP contribution in [-0.2, 0) is 6.54 Å². The lowest BCUT2D eigenvalue weighted by Gasteiger charge is -2.07. The highest BCUT2D eigenvalue weighted by Gasteiger charge is 2.05. The summed E-state index contributed by atoms with van der Waals surface area (Å²) < 4.78 is 1.64. The standard InChI is InChI=1S/C14H14N2OS2/c15-13(18)12-7-4-8-16(14(12)17)9-10-19-11-5-2-1-3-6-11/h1-8H,9-10H2,(H2,15,18). The monoisotopic (exact) mass is 290 g/mol. The maximum Gasteiger partial charge on any atom is 0.260 e. The molecule has 0 amide bonds. The van der Waals surface area contributed by atoms with Gasteiger partial charge in [0.05, 0.1) is 5.56 Å². The summed E-state index contributed by atoms with van der Waals surface area (Å²) in [7, 11) is 0. The highest BCUT2D eigenvalue weighted by molar-refractivity contribution is 7.99. The zero-order chi connectivity index (χ0) is 13.7. The fraction of sp³-hybridized carbons (Fsp3) is 0.143. The van der Waals surface area contributed by atoms with Crippen molar-refractivity contribution in [2.75, 3.05) is 5.75 Å². The predicted molar refractivity (Wildman–Crippen MR) is 83.8 cm³/mol. The molecule has 1 aromatic carbocycles. The molecule has 2 aromatic rings. The van der Waals surface area contributed by atoms with Gasteiger partial charge in [-0.15, -0.1) is 11.8 Å². The average molecular weight is 290 g/mol. The molecule has 1 heterocycles. The van der Waals surface area contributed by atoms with E-state index in [1.165, 1.54) is 4.90 Å². The summed E-state index contributed by atoms with van der Waals surface area (Å²) in [4.78, 5) is 13.4. The molecule has 5 heteroatoms. The number of thioether (sulfide) groups is 1. The predicted octanol–water partition coefficient (Wildman–Crippen LogP) is 2.27. The SMILES string of the molecule is NC(=S)c1cccn(CCSc2ccccc2)c1=O. The number of thiocarbonyl (C=S) groups is 1. The van der Waals surface area contributed by atoms with E-state index in [1.54, 1.807) is 34.7 Å². The summed E-state index contributed by atoms with van der Waals surface area (Å²) >= 11 is 6.57. The van der Waals surface area contributed by atoms with Crippen LogP contribution in [-0.4, -0.2) is 15.3 Å². The molecule has 3 nitrogen and oxygen atoms in total. The van der Waals surface area contributed by atoms with Gasteiger partial charge in [0.1, 0.15) is 4.99 Å². The fourth-order valence-corrected chi connectivity index (χ4v) is 2.71. The van der Waals surface area contributed by atoms with Crippen LogP contribution in [0.5, 0.6) is 0 Å². The van der Waals surface area contributed by atoms with Crippen molar-refractivity contribution in [3.05, 3.63) is 64.6 Å². The number of aromatic nitrogens is 1. The molecule has 2 N–H and O–H groups in total. The lowest BCUT2D eigenvalue weighted by Crippen LogP contribution is -2.28. The van der Waals surface area contributed by atoms with E-state index in [1.807, 2.05) is 18.2 Å². The van der Waals surface area contributed by atoms with Gasteiger partial charge in [0.15, 0.2) is 0 Å². The molecule has 0 aliphatic heterocycles. The van der Waals surface area contributed by atoms with Gasteiger partial charge >= 0.3 is 0 Å². The van der Waals surface area contributed by atoms with Gasteiger partial charge in [-0.2, -0.15) is 0 Å². The Bertz CT molecular complexity index is 623. The van der Waals surface area contributed by atoms with Crippen LogP contribution < -0.4 is 11.3 Å². The fourth-order valence-electron chi connectivity index (χ4n) is 1.68. The second kappa shape index (κ2) is 6.54. The third-order valence-electron chi connectivity index (χ3n) is 2.63. The van der Waals surface area contributed by atoms with Crippen molar-refractivity contribution in [1.29, 1.82) is 0 Å². The smallest absolute Gasteiger partial charge is 0.260 e. The van der Waals surface area contributed by atoms with E-state index in [9.17, 15) is 4.79 Å². The molecule has 19 heavy (non-hydrogen) atoms. The molecule has 0 atom stereocenters. The molecular weight excluding hydrogens is 276 g/mol. The molecule has 0 bridgehead atoms. The number of nitrogens with two attached hydrogens (primary N) is 1. The molecule has 0 unspecified atom stereocenters. The van der Waals surface area contributed by atoms with E-state index in [-0.39, 0.29) is 10.5 Å². The maximum absolute atomic E-state index is 12.0. The molecule has 0 fully saturated rings. The molecule has 0 aliphatic carbocycles. The minimum absolute atomic E-state index is 0.122. The molecule has 0 saturated heterocycles. The minimum atomic E-state index is -0.122. The van der Waals surface area contributed by atoms with Gasteiger partial charge < -0.3 is 10.3 Å². The van der Waals surface area contributed by atoms with Crippen LogP contribution in [0.25, 0.3) is 0 Å². The van der Waals surface area contributed by atoms with Gasteiger partial charge in [-0.3, -0.25) is 4.79 Å². The van der Waals surface area contributed by atoms with Crippen LogP contribution in [0.15, 0.2) is 58.4 Å². The highest BCUT2D eigenvalue weighted by Crippen LogP contribution is 2.16. The summed E-state index contributed by atoms with van der Waals surface area (Å²) in [6, 6.07) is 13.6. The number of aryl methyl sites for hydroxylation is 1. The summed E-state index contributed by atoms with van der Waals surface area (Å²) in [5.41, 5.74) is 5.80. The largest absolute Gasteiger partial charge is 0.389 e. The van der Waals surface area contributed by atoms with Gasteiger partial charge in [-0.25, -0.2) is 0 Å². The second-order valence-corrected chi connectivity index (χ2v) is 5.55. The van der Waals surface area contributed by atoms with Crippen LogP contribution in [0.3, 0.4) is 0 Å². The topological polar surface area (TPSA) is 48.0 Å². The quantitative estimate of drug-likeness (QED) is 0.678. The van der Waals surface area contributed by atoms with Crippen LogP contribution in [0.4, 0.5) is 0 Å². The first-order chi connectivity index (χ1) is 9.18. The van der Waals surface area contributed by atoms with Crippen LogP contribution >= 0.6 is 24.0 Å². The first-order valence-electron chi connectivity index (χ1n) is 5.85. The Morgan fingerprint density at radius 3 is 2.63 bits per heavy atom. The highest BCUT2D eigenvalue weighted by atomic mass is 32.2. The first-order valence-corrected chi connectivity index (χ1v) is 7.25. The number of benzene rings is 1. The minimum Gasteiger partial charge on any atom is -0.389 e. The maximum atomic E-state index is 12.0. The second-order valence-electron chi connectivity index (χ2n) is 3.95. The Morgan fingerprint density at radius 2 is 1.95 bits per heavy atom. The third-order valence-corrected chi connectivity index (χ3v) is 3.84. The zero-order valence-electron chi connectivity index (χ0n) is 10.3. The normalized spacial score (nSPS) is 10.3. The van der Waals surface area contributed by atoms with Gasteiger partial charge in [0.2, 0.25) is 0 Å². The lowest BCUT2D eigenvalue weighted by molar-refractivity contribution is 0.733. The van der Waals surface area contributed by atoms with Crippen molar-refractivity contribution in [2.24, 2.45) is 5.73 Å². The van der Waals surface area contributed by atoms with Crippen LogP contribution in [0.1, 0.15) is 5.56 Å². The van der Waals surface area contributed by atoms with E-state index in [2.05, 4.69) is 12.1 Å². The Morgan fingerprint density at radius 1 is 1.21 bits per heavy atom. The first kappa shape index (κ1) is 13.8. The van der Waals surface area contributed by atoms with Gasteiger partial charge in [-0.1, -0.05) is 30.4 Å². The van der Waals surface area contributed by atoms with Crippen molar-refractivity contribution in [1.82, 2.24) is 4.57 Å². The molecule has 98 valence electrons. The van der Waals surface area contributed by atoms with E-state index in [0.717, 1.165) is 5.75 Å². The van der Waals surface area contributed by atoms with Gasteiger partial charge in [0, 0.05) is 23.4 Å². The third kappa shape index (κ3) is 3.68. The van der Waals surface area contributed by atoms with E-state index < -0.39 is 0 Å². The van der Waals surface area contributed by atoms with Crippen LogP contribution in [0.2, 0.25) is 0 Å². The Hall–Kier alpha value is -1.59. The summed E-state index contributed by atoms with van der Waals surface area (Å²) in [5.74, 6) is 0.824. The number of rotatable bonds is 5. The summed E-state index contributed by atoms with van der Waals surface area (Å²) in [6.45, 7) is 0.634. The Balaban J connectivity index is 2.03. The molecule has 0 radical (unpaired) electrons. The van der Waals surface area contributed by atoms with E-state index >= 15 is 0 Å². The summed E-state index contributed by atoms with van der Waals surface area (Å²) in [5, 5.41) is 0. The van der Waals surface area contributed by atoms with Crippen LogP contribution in [0, 0.1) is 0 Å². The van der Waals surface area contributed by atoms with Gasteiger partial charge in [0.25, 0.3) is 5.56 Å². The molecule has 0 spiro atoms. The summed E-state index contributed by atoms with van der Waals surface area (Å²) in [6.07, 6.45) is 1.76. The van der Waals surface area contributed by atoms with Crippen molar-refractivity contribution < 1.29 is 0 Å². The molecule has 0 saturated carbocycles. The van der Waals surface area contributed by atoms with Crippen molar-refractivity contribution in [3.63, 3.8) is 0 Å². The van der Waals surface area contributed by atoms with Crippen molar-refractivity contribution >= 4 is 29.0 Å². The molecule has 0 aliphatic rings. The van der Waals surface area contributed by atoms with Gasteiger partial charge in [-0.05, 0) is 24.3 Å². The molecular formula is C14H14N2OS2. The van der Waals surface area contributed by atoms with E-state index in [0.29, 0.717) is 12.1 Å². The van der Waals surface area contributed by atoms with Crippen molar-refractivity contribution in [3.8, 4) is 0 Å². The number of hydrogen-bond acceptors (Lipinski definition) is 3. The number of pyridine rings is 1. The lowest BCUT2D eigenvalue weighted by atomic mass is 10.3. The van der Waals surface area contributed by atoms with Crippen molar-refractivity contribution in [2.45, 2.75) is 11.4 Å². The zero-order valence-corrected chi connectivity index (χ0v) is 11.9. The Labute approximate surface area is 121 Å². The number of hydrogen-bond donors (Lipinski definition) is 1. The number of nitrogens with zero attached hydrogens (tertiary/aromatic N) is 1. The molecule has 2 rings (SSSR count). The average Bonchev–Trinajstić information content (AvgIpc) is 2.41. The molecule has 1 aromatic heterocycles.